The minimum Gasteiger partial charge on any atom is -0.316 e. The molecular formula is C14H16FNS. The van der Waals surface area contributed by atoms with Gasteiger partial charge < -0.3 is 5.32 Å². The Morgan fingerprint density at radius 2 is 2.24 bits per heavy atom. The Hall–Kier alpha value is -0.930. The molecule has 1 aliphatic heterocycles. The van der Waals surface area contributed by atoms with Crippen molar-refractivity contribution in [1.82, 2.24) is 5.32 Å². The van der Waals surface area contributed by atoms with Crippen molar-refractivity contribution in [1.29, 1.82) is 0 Å². The molecule has 1 aliphatic rings. The lowest BCUT2D eigenvalue weighted by Gasteiger charge is -2.30. The number of hydrogen-bond donors (Lipinski definition) is 1. The molecule has 2 aromatic rings. The molecule has 2 heterocycles. The Morgan fingerprint density at radius 1 is 1.35 bits per heavy atom. The molecular weight excluding hydrogens is 233 g/mol. The first-order valence-corrected chi connectivity index (χ1v) is 7.01. The number of hydrogen-bond acceptors (Lipinski definition) is 2. The molecule has 1 aromatic heterocycles. The number of nitrogens with one attached hydrogen (secondary N) is 1. The first kappa shape index (κ1) is 11.2. The summed E-state index contributed by atoms with van der Waals surface area (Å²) in [6.45, 7) is 4.20. The second kappa shape index (κ2) is 4.39. The van der Waals surface area contributed by atoms with Gasteiger partial charge in [0.15, 0.2) is 0 Å². The zero-order valence-electron chi connectivity index (χ0n) is 9.87. The van der Waals surface area contributed by atoms with E-state index in [0.717, 1.165) is 29.8 Å². The van der Waals surface area contributed by atoms with Gasteiger partial charge in [-0.3, -0.25) is 0 Å². The normalized spacial score (nSPS) is 25.3. The number of fused-ring (bicyclic) bond motifs is 1. The van der Waals surface area contributed by atoms with Crippen LogP contribution in [0, 0.1) is 11.7 Å². The van der Waals surface area contributed by atoms with Gasteiger partial charge in [0.1, 0.15) is 5.82 Å². The zero-order chi connectivity index (χ0) is 11.8. The predicted molar refractivity (Wildman–Crippen MR) is 71.2 cm³/mol. The summed E-state index contributed by atoms with van der Waals surface area (Å²) in [5.74, 6) is 0.836. The van der Waals surface area contributed by atoms with E-state index in [0.29, 0.717) is 11.8 Å². The molecule has 2 atom stereocenters. The molecule has 1 nitrogen and oxygen atoms in total. The number of benzene rings is 1. The maximum absolute atomic E-state index is 14.1. The van der Waals surface area contributed by atoms with Gasteiger partial charge in [-0.15, -0.1) is 11.3 Å². The lowest BCUT2D eigenvalue weighted by atomic mass is 9.82. The second-order valence-electron chi connectivity index (χ2n) is 4.88. The van der Waals surface area contributed by atoms with E-state index in [1.165, 1.54) is 5.39 Å². The van der Waals surface area contributed by atoms with Crippen molar-refractivity contribution >= 4 is 21.4 Å². The third-order valence-corrected chi connectivity index (χ3v) is 4.73. The lowest BCUT2D eigenvalue weighted by Crippen LogP contribution is -2.34. The molecule has 3 rings (SSSR count). The summed E-state index contributed by atoms with van der Waals surface area (Å²) in [5.41, 5.74) is 0.950. The van der Waals surface area contributed by atoms with Gasteiger partial charge in [-0.25, -0.2) is 4.39 Å². The monoisotopic (exact) mass is 249 g/mol. The summed E-state index contributed by atoms with van der Waals surface area (Å²) >= 11 is 1.66. The van der Waals surface area contributed by atoms with E-state index in [4.69, 9.17) is 0 Å². The highest BCUT2D eigenvalue weighted by atomic mass is 32.1. The molecule has 0 amide bonds. The fraction of sp³-hybridized carbons (Fsp3) is 0.429. The molecule has 0 bridgehead atoms. The number of piperidine rings is 1. The van der Waals surface area contributed by atoms with Crippen LogP contribution < -0.4 is 5.32 Å². The van der Waals surface area contributed by atoms with Crippen LogP contribution in [0.25, 0.3) is 10.1 Å². The summed E-state index contributed by atoms with van der Waals surface area (Å²) < 4.78 is 15.3. The van der Waals surface area contributed by atoms with Crippen LogP contribution >= 0.6 is 11.3 Å². The maximum atomic E-state index is 14.1. The van der Waals surface area contributed by atoms with Crippen LogP contribution in [0.1, 0.15) is 24.8 Å². The second-order valence-corrected chi connectivity index (χ2v) is 5.79. The van der Waals surface area contributed by atoms with Gasteiger partial charge in [-0.05, 0) is 54.2 Å². The van der Waals surface area contributed by atoms with Crippen molar-refractivity contribution in [3.8, 4) is 0 Å². The Morgan fingerprint density at radius 3 is 3.06 bits per heavy atom. The fourth-order valence-corrected chi connectivity index (χ4v) is 3.82. The van der Waals surface area contributed by atoms with Crippen LogP contribution in [0.5, 0.6) is 0 Å². The standard InChI is InChI=1S/C14H16FNS/c1-9-8-16-6-4-11(9)13-12(15)3-2-10-5-7-17-14(10)13/h2-3,5,7,9,11,16H,4,6,8H2,1H3/t9-,11+/m0/s1. The Balaban J connectivity index is 2.14. The van der Waals surface area contributed by atoms with E-state index in [9.17, 15) is 4.39 Å². The van der Waals surface area contributed by atoms with Crippen molar-refractivity contribution in [2.45, 2.75) is 19.3 Å². The zero-order valence-corrected chi connectivity index (χ0v) is 10.7. The smallest absolute Gasteiger partial charge is 0.128 e. The maximum Gasteiger partial charge on any atom is 0.128 e. The van der Waals surface area contributed by atoms with E-state index < -0.39 is 0 Å². The minimum absolute atomic E-state index is 0.0290. The Bertz CT molecular complexity index is 534. The van der Waals surface area contributed by atoms with Crippen molar-refractivity contribution in [3.63, 3.8) is 0 Å². The third kappa shape index (κ3) is 1.87. The predicted octanol–water partition coefficient (Wildman–Crippen LogP) is 3.75. The Labute approximate surface area is 105 Å². The van der Waals surface area contributed by atoms with Gasteiger partial charge in [0.2, 0.25) is 0 Å². The number of rotatable bonds is 1. The van der Waals surface area contributed by atoms with Crippen LogP contribution in [0.2, 0.25) is 0 Å². The van der Waals surface area contributed by atoms with E-state index in [1.54, 1.807) is 17.4 Å². The summed E-state index contributed by atoms with van der Waals surface area (Å²) in [5, 5.41) is 6.61. The van der Waals surface area contributed by atoms with Gasteiger partial charge in [-0.1, -0.05) is 13.0 Å². The molecule has 3 heteroatoms. The van der Waals surface area contributed by atoms with E-state index in [-0.39, 0.29) is 5.82 Å². The van der Waals surface area contributed by atoms with Crippen LogP contribution in [0.4, 0.5) is 4.39 Å². The molecule has 90 valence electrons. The topological polar surface area (TPSA) is 12.0 Å². The van der Waals surface area contributed by atoms with Crippen molar-refractivity contribution < 1.29 is 4.39 Å². The minimum atomic E-state index is -0.0290. The van der Waals surface area contributed by atoms with Crippen molar-refractivity contribution in [2.24, 2.45) is 5.92 Å². The van der Waals surface area contributed by atoms with Crippen molar-refractivity contribution in [3.05, 3.63) is 35.0 Å². The highest BCUT2D eigenvalue weighted by Gasteiger charge is 2.27. The van der Waals surface area contributed by atoms with Crippen LogP contribution in [0.3, 0.4) is 0 Å². The molecule has 1 fully saturated rings. The average Bonchev–Trinajstić information content (AvgIpc) is 2.79. The van der Waals surface area contributed by atoms with Gasteiger partial charge in [0, 0.05) is 10.3 Å². The molecule has 1 N–H and O–H groups in total. The molecule has 17 heavy (non-hydrogen) atoms. The number of halogens is 1. The largest absolute Gasteiger partial charge is 0.316 e. The van der Waals surface area contributed by atoms with Crippen molar-refractivity contribution in [2.75, 3.05) is 13.1 Å². The summed E-state index contributed by atoms with van der Waals surface area (Å²) in [6.07, 6.45) is 1.04. The molecule has 0 spiro atoms. The van der Waals surface area contributed by atoms with Gasteiger partial charge in [-0.2, -0.15) is 0 Å². The first-order chi connectivity index (χ1) is 8.27. The summed E-state index contributed by atoms with van der Waals surface area (Å²) in [7, 11) is 0. The van der Waals surface area contributed by atoms with Gasteiger partial charge in [0.05, 0.1) is 0 Å². The summed E-state index contributed by atoms with van der Waals surface area (Å²) in [6, 6.07) is 5.59. The fourth-order valence-electron chi connectivity index (χ4n) is 2.82. The van der Waals surface area contributed by atoms with Gasteiger partial charge >= 0.3 is 0 Å². The lowest BCUT2D eigenvalue weighted by molar-refractivity contribution is 0.344. The molecule has 0 saturated carbocycles. The highest BCUT2D eigenvalue weighted by Crippen LogP contribution is 2.38. The SMILES string of the molecule is C[C@H]1CNCC[C@H]1c1c(F)ccc2ccsc12. The number of thiophene rings is 1. The summed E-state index contributed by atoms with van der Waals surface area (Å²) in [4.78, 5) is 0. The van der Waals surface area contributed by atoms with Crippen LogP contribution in [0.15, 0.2) is 23.6 Å². The van der Waals surface area contributed by atoms with Crippen LogP contribution in [-0.4, -0.2) is 13.1 Å². The third-order valence-electron chi connectivity index (χ3n) is 3.76. The highest BCUT2D eigenvalue weighted by molar-refractivity contribution is 7.17. The van der Waals surface area contributed by atoms with E-state index >= 15 is 0 Å². The van der Waals surface area contributed by atoms with E-state index in [2.05, 4.69) is 23.7 Å². The molecule has 0 unspecified atom stereocenters. The molecule has 1 aromatic carbocycles. The van der Waals surface area contributed by atoms with Gasteiger partial charge in [0.25, 0.3) is 0 Å². The van der Waals surface area contributed by atoms with Crippen LogP contribution in [-0.2, 0) is 0 Å². The average molecular weight is 249 g/mol. The Kier molecular flexibility index (Phi) is 2.89. The molecule has 1 saturated heterocycles. The molecule has 0 radical (unpaired) electrons. The quantitative estimate of drug-likeness (QED) is 0.811. The molecule has 0 aliphatic carbocycles. The van der Waals surface area contributed by atoms with E-state index in [1.807, 2.05) is 6.07 Å². The first-order valence-electron chi connectivity index (χ1n) is 6.13.